The van der Waals surface area contributed by atoms with Gasteiger partial charge in [0.25, 0.3) is 0 Å². The van der Waals surface area contributed by atoms with Gasteiger partial charge in [0, 0.05) is 6.20 Å². The van der Waals surface area contributed by atoms with E-state index in [2.05, 4.69) is 5.32 Å². The van der Waals surface area contributed by atoms with Crippen LogP contribution in [-0.4, -0.2) is 11.3 Å². The minimum Gasteiger partial charge on any atom is -0.367 e. The minimum atomic E-state index is -0.489. The lowest BCUT2D eigenvalue weighted by Gasteiger charge is -2.10. The smallest absolute Gasteiger partial charge is 0.247 e. The van der Waals surface area contributed by atoms with Gasteiger partial charge in [0.15, 0.2) is 0 Å². The molecule has 3 nitrogen and oxygen atoms in total. The molecule has 0 fully saturated rings. The molecule has 54 valence electrons. The number of amides is 1. The zero-order chi connectivity index (χ0) is 7.56. The lowest BCUT2D eigenvalue weighted by Crippen LogP contribution is -2.24. The molecule has 1 unspecified atom stereocenters. The van der Waals surface area contributed by atoms with E-state index in [1.807, 2.05) is 0 Å². The van der Waals surface area contributed by atoms with Crippen LogP contribution in [0.3, 0.4) is 0 Å². The van der Waals surface area contributed by atoms with Crippen molar-refractivity contribution in [2.24, 2.45) is 5.73 Å². The Morgan fingerprint density at radius 2 is 2.50 bits per heavy atom. The lowest BCUT2D eigenvalue weighted by atomic mass is 10.1. The standard InChI is InChI=1S/C6H7ClN2O/c7-5-1-2-9-3-4(5)6(8)10/h1-3,5,9H,(H2,8,10). The number of halogens is 1. The highest BCUT2D eigenvalue weighted by Crippen LogP contribution is 2.12. The van der Waals surface area contributed by atoms with Gasteiger partial charge < -0.3 is 11.1 Å². The number of dihydropyridines is 1. The summed E-state index contributed by atoms with van der Waals surface area (Å²) in [4.78, 5) is 10.6. The molecule has 0 aliphatic carbocycles. The Hall–Kier alpha value is -0.960. The molecule has 0 aromatic rings. The largest absolute Gasteiger partial charge is 0.367 e. The van der Waals surface area contributed by atoms with Crippen LogP contribution in [0.5, 0.6) is 0 Å². The van der Waals surface area contributed by atoms with Crippen LogP contribution in [0.1, 0.15) is 0 Å². The normalized spacial score (nSPS) is 23.3. The molecule has 0 saturated carbocycles. The van der Waals surface area contributed by atoms with E-state index in [9.17, 15) is 4.79 Å². The molecule has 10 heavy (non-hydrogen) atoms. The maximum atomic E-state index is 10.6. The molecule has 0 aromatic carbocycles. The highest BCUT2D eigenvalue weighted by Gasteiger charge is 2.14. The van der Waals surface area contributed by atoms with Crippen LogP contribution in [0.4, 0.5) is 0 Å². The third-order valence-corrected chi connectivity index (χ3v) is 1.56. The third kappa shape index (κ3) is 1.30. The molecule has 1 heterocycles. The van der Waals surface area contributed by atoms with Crippen molar-refractivity contribution in [1.29, 1.82) is 0 Å². The number of alkyl halides is 1. The summed E-state index contributed by atoms with van der Waals surface area (Å²) in [7, 11) is 0. The number of hydrogen-bond donors (Lipinski definition) is 2. The summed E-state index contributed by atoms with van der Waals surface area (Å²) in [6.45, 7) is 0. The number of rotatable bonds is 1. The molecule has 0 aromatic heterocycles. The van der Waals surface area contributed by atoms with Crippen molar-refractivity contribution in [3.05, 3.63) is 24.0 Å². The van der Waals surface area contributed by atoms with Gasteiger partial charge in [-0.15, -0.1) is 11.6 Å². The first kappa shape index (κ1) is 7.15. The number of nitrogens with one attached hydrogen (secondary N) is 1. The zero-order valence-electron chi connectivity index (χ0n) is 5.17. The van der Waals surface area contributed by atoms with Crippen molar-refractivity contribution in [2.75, 3.05) is 0 Å². The molecule has 0 radical (unpaired) electrons. The average Bonchev–Trinajstić information content (AvgIpc) is 1.88. The topological polar surface area (TPSA) is 55.1 Å². The van der Waals surface area contributed by atoms with E-state index in [1.54, 1.807) is 12.3 Å². The number of allylic oxidation sites excluding steroid dienone is 1. The third-order valence-electron chi connectivity index (χ3n) is 1.18. The summed E-state index contributed by atoms with van der Waals surface area (Å²) in [6, 6.07) is 0. The van der Waals surface area contributed by atoms with Gasteiger partial charge in [0.2, 0.25) is 5.91 Å². The van der Waals surface area contributed by atoms with Gasteiger partial charge in [-0.2, -0.15) is 0 Å². The molecule has 1 aliphatic heterocycles. The SMILES string of the molecule is NC(=O)C1=CNC=CC1Cl. The molecule has 0 bridgehead atoms. The molecule has 0 saturated heterocycles. The van der Waals surface area contributed by atoms with Gasteiger partial charge >= 0.3 is 0 Å². The summed E-state index contributed by atoms with van der Waals surface area (Å²) < 4.78 is 0. The van der Waals surface area contributed by atoms with Crippen molar-refractivity contribution in [2.45, 2.75) is 5.38 Å². The second-order valence-corrected chi connectivity index (χ2v) is 2.36. The Morgan fingerprint density at radius 1 is 1.80 bits per heavy atom. The zero-order valence-corrected chi connectivity index (χ0v) is 5.93. The quantitative estimate of drug-likeness (QED) is 0.531. The summed E-state index contributed by atoms with van der Waals surface area (Å²) in [5, 5.41) is 2.33. The average molecular weight is 159 g/mol. The van der Waals surface area contributed by atoms with Crippen molar-refractivity contribution in [3.8, 4) is 0 Å². The van der Waals surface area contributed by atoms with Crippen molar-refractivity contribution in [3.63, 3.8) is 0 Å². The predicted molar refractivity (Wildman–Crippen MR) is 39.2 cm³/mol. The molecular formula is C6H7ClN2O. The van der Waals surface area contributed by atoms with Crippen LogP contribution >= 0.6 is 11.6 Å². The maximum absolute atomic E-state index is 10.6. The predicted octanol–water partition coefficient (Wildman–Crippen LogP) is 0.0799. The Labute approximate surface area is 63.5 Å². The fourth-order valence-corrected chi connectivity index (χ4v) is 0.912. The first-order chi connectivity index (χ1) is 4.72. The highest BCUT2D eigenvalue weighted by atomic mass is 35.5. The summed E-state index contributed by atoms with van der Waals surface area (Å²) in [6.07, 6.45) is 4.81. The Bertz CT molecular complexity index is 210. The molecule has 3 N–H and O–H groups in total. The number of carbonyl (C=O) groups excluding carboxylic acids is 1. The molecule has 1 atom stereocenters. The molecule has 4 heteroatoms. The van der Waals surface area contributed by atoms with Gasteiger partial charge in [-0.25, -0.2) is 0 Å². The summed E-state index contributed by atoms with van der Waals surface area (Å²) in [5.74, 6) is -0.489. The first-order valence-corrected chi connectivity index (χ1v) is 3.22. The van der Waals surface area contributed by atoms with Crippen LogP contribution in [0.15, 0.2) is 24.0 Å². The summed E-state index contributed by atoms with van der Waals surface area (Å²) >= 11 is 5.68. The molecule has 0 spiro atoms. The minimum absolute atomic E-state index is 0.390. The lowest BCUT2D eigenvalue weighted by molar-refractivity contribution is -0.114. The maximum Gasteiger partial charge on any atom is 0.247 e. The molecular weight excluding hydrogens is 152 g/mol. The van der Waals surface area contributed by atoms with E-state index in [0.717, 1.165) is 0 Å². The number of carbonyl (C=O) groups is 1. The van der Waals surface area contributed by atoms with Gasteiger partial charge in [0.05, 0.1) is 11.0 Å². The Balaban J connectivity index is 2.76. The molecule has 1 amide bonds. The van der Waals surface area contributed by atoms with Gasteiger partial charge in [-0.1, -0.05) is 0 Å². The monoisotopic (exact) mass is 158 g/mol. The van der Waals surface area contributed by atoms with E-state index < -0.39 is 11.3 Å². The number of nitrogens with two attached hydrogens (primary N) is 1. The van der Waals surface area contributed by atoms with E-state index in [4.69, 9.17) is 17.3 Å². The fourth-order valence-electron chi connectivity index (χ4n) is 0.668. The summed E-state index contributed by atoms with van der Waals surface area (Å²) in [5.41, 5.74) is 5.38. The van der Waals surface area contributed by atoms with Gasteiger partial charge in [-0.3, -0.25) is 4.79 Å². The van der Waals surface area contributed by atoms with E-state index in [0.29, 0.717) is 5.57 Å². The number of primary amides is 1. The Morgan fingerprint density at radius 3 is 2.90 bits per heavy atom. The van der Waals surface area contributed by atoms with Gasteiger partial charge in [0.1, 0.15) is 0 Å². The van der Waals surface area contributed by atoms with E-state index in [1.165, 1.54) is 6.20 Å². The second kappa shape index (κ2) is 2.75. The van der Waals surface area contributed by atoms with Gasteiger partial charge in [-0.05, 0) is 12.3 Å². The number of hydrogen-bond acceptors (Lipinski definition) is 2. The fraction of sp³-hybridized carbons (Fsp3) is 0.167. The van der Waals surface area contributed by atoms with Crippen molar-refractivity contribution in [1.82, 2.24) is 5.32 Å². The molecule has 1 rings (SSSR count). The Kier molecular flexibility index (Phi) is 1.97. The van der Waals surface area contributed by atoms with Crippen LogP contribution < -0.4 is 11.1 Å². The molecule has 1 aliphatic rings. The van der Waals surface area contributed by atoms with Crippen LogP contribution in [0, 0.1) is 0 Å². The van der Waals surface area contributed by atoms with Crippen LogP contribution in [-0.2, 0) is 4.79 Å². The highest BCUT2D eigenvalue weighted by molar-refractivity contribution is 6.26. The van der Waals surface area contributed by atoms with E-state index >= 15 is 0 Å². The van der Waals surface area contributed by atoms with Crippen LogP contribution in [0.25, 0.3) is 0 Å². The van der Waals surface area contributed by atoms with Crippen molar-refractivity contribution < 1.29 is 4.79 Å². The van der Waals surface area contributed by atoms with Crippen molar-refractivity contribution >= 4 is 17.5 Å². The first-order valence-electron chi connectivity index (χ1n) is 2.78. The van der Waals surface area contributed by atoms with Crippen LogP contribution in [0.2, 0.25) is 0 Å². The second-order valence-electron chi connectivity index (χ2n) is 1.89. The van der Waals surface area contributed by atoms with E-state index in [-0.39, 0.29) is 0 Å².